The van der Waals surface area contributed by atoms with Crippen LogP contribution in [0.3, 0.4) is 0 Å². The van der Waals surface area contributed by atoms with Crippen molar-refractivity contribution in [3.05, 3.63) is 0 Å². The van der Waals surface area contributed by atoms with E-state index in [-0.39, 0.29) is 0 Å². The van der Waals surface area contributed by atoms with Crippen molar-refractivity contribution in [3.8, 4) is 0 Å². The van der Waals surface area contributed by atoms with E-state index < -0.39 is 0 Å². The predicted molar refractivity (Wildman–Crippen MR) is 44.6 cm³/mol. The van der Waals surface area contributed by atoms with Gasteiger partial charge in [0.25, 0.3) is 0 Å². The molecule has 0 aliphatic rings. The first-order valence-corrected chi connectivity index (χ1v) is 4.02. The molecule has 1 atom stereocenters. The summed E-state index contributed by atoms with van der Waals surface area (Å²) in [5.74, 6) is 0.618. The lowest BCUT2D eigenvalue weighted by molar-refractivity contribution is 0.247. The molecule has 0 aromatic heterocycles. The average Bonchev–Trinajstić information content (AvgIpc) is 1.89. The van der Waals surface area contributed by atoms with Crippen molar-refractivity contribution in [2.45, 2.75) is 12.5 Å². The molecular formula is C6H13Cl2NO. The van der Waals surface area contributed by atoms with Gasteiger partial charge in [0.1, 0.15) is 0 Å². The SMILES string of the molecule is CN(C)C(CCl)CCOCl. The minimum Gasteiger partial charge on any atom is -0.305 e. The van der Waals surface area contributed by atoms with Crippen LogP contribution in [0.1, 0.15) is 6.42 Å². The Hall–Kier alpha value is 0.500. The van der Waals surface area contributed by atoms with Gasteiger partial charge < -0.3 is 4.90 Å². The van der Waals surface area contributed by atoms with Crippen LogP contribution in [0.25, 0.3) is 0 Å². The maximum atomic E-state index is 5.66. The average molecular weight is 186 g/mol. The molecule has 0 aromatic rings. The van der Waals surface area contributed by atoms with Crippen LogP contribution >= 0.6 is 23.5 Å². The zero-order valence-corrected chi connectivity index (χ0v) is 7.82. The van der Waals surface area contributed by atoms with Crippen molar-refractivity contribution in [2.24, 2.45) is 0 Å². The Morgan fingerprint density at radius 1 is 1.50 bits per heavy atom. The van der Waals surface area contributed by atoms with Gasteiger partial charge in [-0.1, -0.05) is 0 Å². The molecule has 1 unspecified atom stereocenters. The molecule has 0 saturated carbocycles. The van der Waals surface area contributed by atoms with E-state index in [1.54, 1.807) is 0 Å². The molecule has 0 aliphatic carbocycles. The highest BCUT2D eigenvalue weighted by Gasteiger charge is 2.08. The second-order valence-corrected chi connectivity index (χ2v) is 2.90. The molecule has 4 heteroatoms. The Morgan fingerprint density at radius 2 is 2.10 bits per heavy atom. The zero-order chi connectivity index (χ0) is 7.98. The Labute approximate surface area is 72.2 Å². The lowest BCUT2D eigenvalue weighted by Gasteiger charge is -2.20. The summed E-state index contributed by atoms with van der Waals surface area (Å²) in [6.07, 6.45) is 0.875. The van der Waals surface area contributed by atoms with Gasteiger partial charge in [-0.05, 0) is 20.5 Å². The van der Waals surface area contributed by atoms with E-state index in [0.29, 0.717) is 18.5 Å². The molecule has 62 valence electrons. The van der Waals surface area contributed by atoms with Crippen LogP contribution in [-0.4, -0.2) is 37.5 Å². The van der Waals surface area contributed by atoms with Crippen LogP contribution in [0.2, 0.25) is 0 Å². The Morgan fingerprint density at radius 3 is 2.40 bits per heavy atom. The Balaban J connectivity index is 3.40. The molecule has 2 nitrogen and oxygen atoms in total. The van der Waals surface area contributed by atoms with Crippen molar-refractivity contribution in [3.63, 3.8) is 0 Å². The Bertz CT molecular complexity index is 80.1. The highest BCUT2D eigenvalue weighted by atomic mass is 35.5. The van der Waals surface area contributed by atoms with E-state index in [0.717, 1.165) is 6.42 Å². The lowest BCUT2D eigenvalue weighted by atomic mass is 10.2. The standard InChI is InChI=1S/C6H13Cl2NO/c1-9(2)6(5-7)3-4-10-8/h6H,3-5H2,1-2H3. The summed E-state index contributed by atoms with van der Waals surface area (Å²) in [5, 5.41) is 0. The third-order valence-corrected chi connectivity index (χ3v) is 1.95. The maximum Gasteiger partial charge on any atom is 0.0697 e. The molecular weight excluding hydrogens is 173 g/mol. The molecule has 0 amide bonds. The van der Waals surface area contributed by atoms with Gasteiger partial charge in [-0.15, -0.1) is 11.6 Å². The molecule has 0 fully saturated rings. The first kappa shape index (κ1) is 10.5. The Kier molecular flexibility index (Phi) is 6.54. The van der Waals surface area contributed by atoms with Crippen LogP contribution in [0.5, 0.6) is 0 Å². The van der Waals surface area contributed by atoms with Crippen molar-refractivity contribution in [1.82, 2.24) is 4.90 Å². The normalized spacial score (nSPS) is 14.1. The summed E-state index contributed by atoms with van der Waals surface area (Å²) >= 11 is 10.7. The van der Waals surface area contributed by atoms with E-state index in [4.69, 9.17) is 23.5 Å². The number of hydrogen-bond donors (Lipinski definition) is 0. The van der Waals surface area contributed by atoms with E-state index in [1.807, 2.05) is 14.1 Å². The highest BCUT2D eigenvalue weighted by molar-refractivity contribution is 6.18. The molecule has 0 aliphatic heterocycles. The third-order valence-electron chi connectivity index (χ3n) is 1.44. The summed E-state index contributed by atoms with van der Waals surface area (Å²) in [6, 6.07) is 0.361. The fourth-order valence-electron chi connectivity index (χ4n) is 0.654. The third kappa shape index (κ3) is 4.34. The van der Waals surface area contributed by atoms with E-state index in [2.05, 4.69) is 9.19 Å². The van der Waals surface area contributed by atoms with Gasteiger partial charge >= 0.3 is 0 Å². The molecule has 0 bridgehead atoms. The van der Waals surface area contributed by atoms with E-state index in [1.165, 1.54) is 0 Å². The molecule has 0 spiro atoms. The fourth-order valence-corrected chi connectivity index (χ4v) is 1.17. The van der Waals surface area contributed by atoms with Gasteiger partial charge in [-0.2, -0.15) is 0 Å². The quantitative estimate of drug-likeness (QED) is 0.606. The van der Waals surface area contributed by atoms with Gasteiger partial charge in [0.2, 0.25) is 0 Å². The fraction of sp³-hybridized carbons (Fsp3) is 1.00. The summed E-state index contributed by atoms with van der Waals surface area (Å²) in [5.41, 5.74) is 0. The van der Waals surface area contributed by atoms with Gasteiger partial charge in [-0.3, -0.25) is 4.29 Å². The minimum absolute atomic E-state index is 0.361. The van der Waals surface area contributed by atoms with Crippen LogP contribution in [0.15, 0.2) is 0 Å². The molecule has 0 rings (SSSR count). The van der Waals surface area contributed by atoms with Gasteiger partial charge in [0.05, 0.1) is 18.5 Å². The van der Waals surface area contributed by atoms with Crippen LogP contribution in [-0.2, 0) is 4.29 Å². The van der Waals surface area contributed by atoms with Crippen LogP contribution in [0.4, 0.5) is 0 Å². The first-order valence-electron chi connectivity index (χ1n) is 3.18. The van der Waals surface area contributed by atoms with Crippen molar-refractivity contribution in [2.75, 3.05) is 26.6 Å². The van der Waals surface area contributed by atoms with Crippen molar-refractivity contribution < 1.29 is 4.29 Å². The second-order valence-electron chi connectivity index (χ2n) is 2.37. The van der Waals surface area contributed by atoms with Gasteiger partial charge in [0.15, 0.2) is 0 Å². The van der Waals surface area contributed by atoms with E-state index in [9.17, 15) is 0 Å². The van der Waals surface area contributed by atoms with Gasteiger partial charge in [-0.25, -0.2) is 0 Å². The van der Waals surface area contributed by atoms with Crippen molar-refractivity contribution >= 4 is 23.5 Å². The summed E-state index contributed by atoms with van der Waals surface area (Å²) < 4.78 is 4.41. The number of alkyl halides is 1. The lowest BCUT2D eigenvalue weighted by Crippen LogP contribution is -2.30. The number of halogens is 2. The molecule has 10 heavy (non-hydrogen) atoms. The summed E-state index contributed by atoms with van der Waals surface area (Å²) in [7, 11) is 3.97. The van der Waals surface area contributed by atoms with Crippen LogP contribution in [0, 0.1) is 0 Å². The minimum atomic E-state index is 0.361. The number of rotatable bonds is 5. The molecule has 0 saturated heterocycles. The highest BCUT2D eigenvalue weighted by Crippen LogP contribution is 2.02. The molecule has 0 radical (unpaired) electrons. The summed E-state index contributed by atoms with van der Waals surface area (Å²) in [6.45, 7) is 0.553. The molecule has 0 aromatic carbocycles. The first-order chi connectivity index (χ1) is 4.72. The predicted octanol–water partition coefficient (Wildman–Crippen LogP) is 1.72. The second kappa shape index (κ2) is 6.23. The maximum absolute atomic E-state index is 5.66. The smallest absolute Gasteiger partial charge is 0.0697 e. The van der Waals surface area contributed by atoms with Crippen molar-refractivity contribution in [1.29, 1.82) is 0 Å². The topological polar surface area (TPSA) is 12.5 Å². The molecule has 0 N–H and O–H groups in total. The number of hydrogen-bond acceptors (Lipinski definition) is 2. The monoisotopic (exact) mass is 185 g/mol. The van der Waals surface area contributed by atoms with E-state index >= 15 is 0 Å². The zero-order valence-electron chi connectivity index (χ0n) is 6.31. The molecule has 0 heterocycles. The largest absolute Gasteiger partial charge is 0.305 e. The van der Waals surface area contributed by atoms with Crippen LogP contribution < -0.4 is 0 Å². The number of nitrogens with zero attached hydrogens (tertiary/aromatic N) is 1. The summed E-state index contributed by atoms with van der Waals surface area (Å²) in [4.78, 5) is 2.06. The van der Waals surface area contributed by atoms with Gasteiger partial charge in [0, 0.05) is 11.9 Å².